The van der Waals surface area contributed by atoms with Crippen molar-refractivity contribution in [2.75, 3.05) is 0 Å². The van der Waals surface area contributed by atoms with Gasteiger partial charge in [0, 0.05) is 11.8 Å². The summed E-state index contributed by atoms with van der Waals surface area (Å²) in [5.41, 5.74) is 2.24. The molecule has 0 N–H and O–H groups in total. The first-order valence-electron chi connectivity index (χ1n) is 5.83. The van der Waals surface area contributed by atoms with Crippen molar-refractivity contribution in [3.63, 3.8) is 0 Å². The lowest BCUT2D eigenvalue weighted by Gasteiger charge is -2.01. The summed E-state index contributed by atoms with van der Waals surface area (Å²) in [5.74, 6) is -0.983. The minimum absolute atomic E-state index is 0.149. The number of carbonyl (C=O) groups is 1. The Morgan fingerprint density at radius 2 is 2.00 bits per heavy atom. The van der Waals surface area contributed by atoms with Crippen molar-refractivity contribution in [1.82, 2.24) is 0 Å². The Bertz CT molecular complexity index is 665. The molecule has 0 saturated carbocycles. The minimum atomic E-state index is -0.495. The Kier molecular flexibility index (Phi) is 2.83. The third-order valence-electron chi connectivity index (χ3n) is 2.91. The van der Waals surface area contributed by atoms with E-state index in [-0.39, 0.29) is 12.2 Å². The number of aliphatic imine (C=N–C) groups is 1. The number of rotatable bonds is 2. The summed E-state index contributed by atoms with van der Waals surface area (Å²) in [6.07, 6.45) is 1.64. The second kappa shape index (κ2) is 4.65. The molecule has 0 bridgehead atoms. The van der Waals surface area contributed by atoms with Crippen LogP contribution in [0.25, 0.3) is 0 Å². The van der Waals surface area contributed by atoms with Crippen molar-refractivity contribution in [3.8, 4) is 0 Å². The van der Waals surface area contributed by atoms with Crippen LogP contribution in [0.4, 0.5) is 10.1 Å². The van der Waals surface area contributed by atoms with E-state index in [0.29, 0.717) is 11.3 Å². The fourth-order valence-corrected chi connectivity index (χ4v) is 1.97. The molecule has 0 fully saturated rings. The molecule has 1 heterocycles. The van der Waals surface area contributed by atoms with E-state index in [1.807, 2.05) is 30.3 Å². The number of halogens is 1. The normalized spacial score (nSPS) is 13.6. The third-order valence-corrected chi connectivity index (χ3v) is 2.91. The number of ether oxygens (including phenoxy) is 1. The second-order valence-corrected chi connectivity index (χ2v) is 4.20. The number of hydrogen-bond donors (Lipinski definition) is 0. The Labute approximate surface area is 109 Å². The first-order chi connectivity index (χ1) is 9.24. The molecule has 1 aliphatic heterocycles. The van der Waals surface area contributed by atoms with Crippen LogP contribution >= 0.6 is 0 Å². The van der Waals surface area contributed by atoms with E-state index in [4.69, 9.17) is 4.74 Å². The van der Waals surface area contributed by atoms with Gasteiger partial charge in [0.2, 0.25) is 0 Å². The first kappa shape index (κ1) is 11.6. The average Bonchev–Trinajstić information content (AvgIpc) is 2.79. The zero-order valence-electron chi connectivity index (χ0n) is 9.97. The van der Waals surface area contributed by atoms with Crippen LogP contribution in [0.5, 0.6) is 0 Å². The first-order valence-corrected chi connectivity index (χ1v) is 5.83. The van der Waals surface area contributed by atoms with Gasteiger partial charge in [0.1, 0.15) is 12.4 Å². The van der Waals surface area contributed by atoms with Gasteiger partial charge in [-0.25, -0.2) is 9.18 Å². The van der Waals surface area contributed by atoms with Gasteiger partial charge in [0.15, 0.2) is 0 Å². The highest BCUT2D eigenvalue weighted by Gasteiger charge is 2.24. The van der Waals surface area contributed by atoms with Gasteiger partial charge in [-0.2, -0.15) is 0 Å². The van der Waals surface area contributed by atoms with E-state index in [1.165, 1.54) is 12.1 Å². The highest BCUT2D eigenvalue weighted by Crippen LogP contribution is 2.30. The average molecular weight is 255 g/mol. The zero-order chi connectivity index (χ0) is 13.2. The van der Waals surface area contributed by atoms with Crippen molar-refractivity contribution in [3.05, 3.63) is 65.0 Å². The molecule has 0 atom stereocenters. The lowest BCUT2D eigenvalue weighted by Crippen LogP contribution is -1.94. The summed E-state index contributed by atoms with van der Waals surface area (Å²) in [6.45, 7) is 0.149. The summed E-state index contributed by atoms with van der Waals surface area (Å²) >= 11 is 0. The summed E-state index contributed by atoms with van der Waals surface area (Å²) in [5, 5.41) is 0. The summed E-state index contributed by atoms with van der Waals surface area (Å²) < 4.78 is 18.3. The van der Waals surface area contributed by atoms with Crippen molar-refractivity contribution in [2.24, 2.45) is 4.99 Å². The number of carbonyl (C=O) groups excluding carboxylic acids is 1. The molecule has 2 aromatic rings. The number of benzene rings is 2. The maximum absolute atomic E-state index is 13.4. The highest BCUT2D eigenvalue weighted by atomic mass is 19.1. The molecule has 2 aromatic carbocycles. The Balaban J connectivity index is 2.00. The van der Waals surface area contributed by atoms with Crippen LogP contribution < -0.4 is 0 Å². The van der Waals surface area contributed by atoms with E-state index in [2.05, 4.69) is 4.99 Å². The van der Waals surface area contributed by atoms with Crippen LogP contribution in [0.3, 0.4) is 0 Å². The smallest absolute Gasteiger partial charge is 0.339 e. The fraction of sp³-hybridized carbons (Fsp3) is 0.0667. The molecule has 4 heteroatoms. The standard InChI is InChI=1S/C15H10FNO2/c16-11-6-12-13(9-19-15(12)18)14(7-11)17-8-10-4-2-1-3-5-10/h1-8H,9H2. The fourth-order valence-electron chi connectivity index (χ4n) is 1.97. The molecule has 1 aliphatic rings. The van der Waals surface area contributed by atoms with Gasteiger partial charge in [-0.05, 0) is 17.7 Å². The quantitative estimate of drug-likeness (QED) is 0.610. The number of cyclic esters (lactones) is 1. The van der Waals surface area contributed by atoms with E-state index >= 15 is 0 Å². The molecule has 3 nitrogen and oxygen atoms in total. The Morgan fingerprint density at radius 3 is 2.79 bits per heavy atom. The van der Waals surface area contributed by atoms with Gasteiger partial charge in [-0.15, -0.1) is 0 Å². The van der Waals surface area contributed by atoms with Gasteiger partial charge >= 0.3 is 5.97 Å². The largest absolute Gasteiger partial charge is 0.457 e. The Morgan fingerprint density at radius 1 is 1.21 bits per heavy atom. The molecule has 0 amide bonds. The van der Waals surface area contributed by atoms with Gasteiger partial charge in [0.25, 0.3) is 0 Å². The molecule has 0 unspecified atom stereocenters. The van der Waals surface area contributed by atoms with Gasteiger partial charge in [-0.1, -0.05) is 30.3 Å². The van der Waals surface area contributed by atoms with E-state index in [9.17, 15) is 9.18 Å². The molecule has 0 saturated heterocycles. The Hall–Kier alpha value is -2.49. The predicted octanol–water partition coefficient (Wildman–Crippen LogP) is 3.25. The molecular formula is C15H10FNO2. The molecule has 3 rings (SSSR count). The summed E-state index contributed by atoms with van der Waals surface area (Å²) in [7, 11) is 0. The molecular weight excluding hydrogens is 245 g/mol. The summed E-state index contributed by atoms with van der Waals surface area (Å²) in [4.78, 5) is 15.6. The van der Waals surface area contributed by atoms with Crippen LogP contribution in [-0.4, -0.2) is 12.2 Å². The number of esters is 1. The van der Waals surface area contributed by atoms with E-state index < -0.39 is 11.8 Å². The maximum Gasteiger partial charge on any atom is 0.339 e. The van der Waals surface area contributed by atoms with Gasteiger partial charge in [-0.3, -0.25) is 4.99 Å². The molecule has 94 valence electrons. The van der Waals surface area contributed by atoms with Gasteiger partial charge in [0.05, 0.1) is 11.3 Å². The van der Waals surface area contributed by atoms with Crippen LogP contribution in [0.1, 0.15) is 21.5 Å². The van der Waals surface area contributed by atoms with Crippen LogP contribution in [0.2, 0.25) is 0 Å². The summed E-state index contributed by atoms with van der Waals surface area (Å²) in [6, 6.07) is 12.0. The number of fused-ring (bicyclic) bond motifs is 1. The molecule has 0 radical (unpaired) electrons. The molecule has 0 aliphatic carbocycles. The molecule has 0 spiro atoms. The predicted molar refractivity (Wildman–Crippen MR) is 69.2 cm³/mol. The van der Waals surface area contributed by atoms with Crippen LogP contribution in [0, 0.1) is 5.82 Å². The topological polar surface area (TPSA) is 38.7 Å². The van der Waals surface area contributed by atoms with Gasteiger partial charge < -0.3 is 4.74 Å². The lowest BCUT2D eigenvalue weighted by atomic mass is 10.1. The second-order valence-electron chi connectivity index (χ2n) is 4.20. The van der Waals surface area contributed by atoms with Crippen molar-refractivity contribution < 1.29 is 13.9 Å². The SMILES string of the molecule is O=C1OCc2c(N=Cc3ccccc3)cc(F)cc21. The number of nitrogens with zero attached hydrogens (tertiary/aromatic N) is 1. The monoisotopic (exact) mass is 255 g/mol. The highest BCUT2D eigenvalue weighted by molar-refractivity contribution is 5.95. The lowest BCUT2D eigenvalue weighted by molar-refractivity contribution is 0.0535. The van der Waals surface area contributed by atoms with Crippen molar-refractivity contribution in [1.29, 1.82) is 0 Å². The number of hydrogen-bond acceptors (Lipinski definition) is 3. The maximum atomic E-state index is 13.4. The van der Waals surface area contributed by atoms with Crippen molar-refractivity contribution in [2.45, 2.75) is 6.61 Å². The zero-order valence-corrected chi connectivity index (χ0v) is 9.97. The van der Waals surface area contributed by atoms with Crippen molar-refractivity contribution >= 4 is 17.9 Å². The van der Waals surface area contributed by atoms with E-state index in [0.717, 1.165) is 5.56 Å². The van der Waals surface area contributed by atoms with E-state index in [1.54, 1.807) is 6.21 Å². The molecule has 0 aromatic heterocycles. The van der Waals surface area contributed by atoms with Crippen LogP contribution in [-0.2, 0) is 11.3 Å². The minimum Gasteiger partial charge on any atom is -0.457 e. The third kappa shape index (κ3) is 2.25. The molecule has 19 heavy (non-hydrogen) atoms. The van der Waals surface area contributed by atoms with Crippen LogP contribution in [0.15, 0.2) is 47.5 Å².